The van der Waals surface area contributed by atoms with Crippen molar-refractivity contribution in [1.29, 1.82) is 0 Å². The van der Waals surface area contributed by atoms with Gasteiger partial charge in [-0.25, -0.2) is 4.79 Å². The van der Waals surface area contributed by atoms with E-state index in [1.165, 1.54) is 0 Å². The van der Waals surface area contributed by atoms with Gasteiger partial charge in [0.2, 0.25) is 0 Å². The van der Waals surface area contributed by atoms with E-state index in [2.05, 4.69) is 5.32 Å². The van der Waals surface area contributed by atoms with E-state index >= 15 is 0 Å². The molecule has 2 N–H and O–H groups in total. The molecule has 0 saturated heterocycles. The largest absolute Gasteiger partial charge is 0.481 e. The zero-order valence-corrected chi connectivity index (χ0v) is 9.55. The number of carboxylic acid groups (broad SMARTS) is 1. The lowest BCUT2D eigenvalue weighted by Gasteiger charge is -2.10. The van der Waals surface area contributed by atoms with Crippen LogP contribution in [0.2, 0.25) is 0 Å². The standard InChI is InChI=1S/C12H15NO4/c1-9(7-11(14)15)8-13-12(16)17-10-5-3-2-4-6-10/h2-6,9H,7-8H2,1H3,(H,13,16)(H,14,15). The van der Waals surface area contributed by atoms with Gasteiger partial charge in [0, 0.05) is 13.0 Å². The van der Waals surface area contributed by atoms with Crippen molar-refractivity contribution in [2.45, 2.75) is 13.3 Å². The van der Waals surface area contributed by atoms with Crippen molar-refractivity contribution in [2.75, 3.05) is 6.54 Å². The van der Waals surface area contributed by atoms with Crippen LogP contribution in [-0.2, 0) is 4.79 Å². The van der Waals surface area contributed by atoms with Crippen LogP contribution in [0.5, 0.6) is 5.75 Å². The van der Waals surface area contributed by atoms with Crippen molar-refractivity contribution in [2.24, 2.45) is 5.92 Å². The van der Waals surface area contributed by atoms with E-state index < -0.39 is 12.1 Å². The van der Waals surface area contributed by atoms with Gasteiger partial charge in [-0.1, -0.05) is 25.1 Å². The molecule has 0 bridgehead atoms. The molecule has 0 radical (unpaired) electrons. The number of carbonyl (C=O) groups excluding carboxylic acids is 1. The van der Waals surface area contributed by atoms with Crippen LogP contribution in [0.15, 0.2) is 30.3 Å². The maximum Gasteiger partial charge on any atom is 0.412 e. The van der Waals surface area contributed by atoms with Crippen LogP contribution in [0.3, 0.4) is 0 Å². The molecular weight excluding hydrogens is 222 g/mol. The summed E-state index contributed by atoms with van der Waals surface area (Å²) in [6.45, 7) is 2.02. The van der Waals surface area contributed by atoms with Crippen molar-refractivity contribution in [3.05, 3.63) is 30.3 Å². The Hall–Kier alpha value is -2.04. The highest BCUT2D eigenvalue weighted by atomic mass is 16.6. The van der Waals surface area contributed by atoms with Gasteiger partial charge in [-0.2, -0.15) is 0 Å². The van der Waals surface area contributed by atoms with Crippen LogP contribution in [-0.4, -0.2) is 23.7 Å². The van der Waals surface area contributed by atoms with Gasteiger partial charge < -0.3 is 15.2 Å². The molecule has 0 aliphatic rings. The van der Waals surface area contributed by atoms with Crippen molar-refractivity contribution in [3.8, 4) is 5.75 Å². The van der Waals surface area contributed by atoms with Gasteiger partial charge in [0.05, 0.1) is 0 Å². The molecule has 17 heavy (non-hydrogen) atoms. The lowest BCUT2D eigenvalue weighted by atomic mass is 10.1. The number of rotatable bonds is 5. The lowest BCUT2D eigenvalue weighted by molar-refractivity contribution is -0.137. The monoisotopic (exact) mass is 237 g/mol. The topological polar surface area (TPSA) is 75.6 Å². The van der Waals surface area contributed by atoms with Crippen molar-refractivity contribution >= 4 is 12.1 Å². The third-order valence-corrected chi connectivity index (χ3v) is 2.07. The fourth-order valence-electron chi connectivity index (χ4n) is 1.26. The summed E-state index contributed by atoms with van der Waals surface area (Å²) < 4.78 is 4.97. The van der Waals surface area contributed by atoms with E-state index in [4.69, 9.17) is 9.84 Å². The summed E-state index contributed by atoms with van der Waals surface area (Å²) in [5.41, 5.74) is 0. The van der Waals surface area contributed by atoms with Gasteiger partial charge in [0.15, 0.2) is 0 Å². The Morgan fingerprint density at radius 1 is 1.35 bits per heavy atom. The number of hydrogen-bond donors (Lipinski definition) is 2. The summed E-state index contributed by atoms with van der Waals surface area (Å²) in [6.07, 6.45) is -0.556. The minimum atomic E-state index is -0.879. The molecule has 0 saturated carbocycles. The number of hydrogen-bond acceptors (Lipinski definition) is 3. The molecule has 0 spiro atoms. The number of benzene rings is 1. The Kier molecular flexibility index (Phi) is 5.00. The zero-order valence-electron chi connectivity index (χ0n) is 9.55. The average Bonchev–Trinajstić information content (AvgIpc) is 2.27. The molecule has 1 atom stereocenters. The number of carboxylic acids is 1. The maximum atomic E-state index is 11.3. The smallest absolute Gasteiger partial charge is 0.412 e. The Morgan fingerprint density at radius 2 is 2.00 bits per heavy atom. The van der Waals surface area contributed by atoms with Gasteiger partial charge in [-0.15, -0.1) is 0 Å². The molecule has 5 nitrogen and oxygen atoms in total. The Balaban J connectivity index is 2.28. The SMILES string of the molecule is CC(CNC(=O)Oc1ccccc1)CC(=O)O. The first-order chi connectivity index (χ1) is 8.08. The molecule has 0 aliphatic carbocycles. The summed E-state index contributed by atoms with van der Waals surface area (Å²) in [5.74, 6) is -0.553. The quantitative estimate of drug-likeness (QED) is 0.819. The van der Waals surface area contributed by atoms with E-state index in [9.17, 15) is 9.59 Å². The number of amides is 1. The minimum Gasteiger partial charge on any atom is -0.481 e. The van der Waals surface area contributed by atoms with Gasteiger partial charge in [0.1, 0.15) is 5.75 Å². The molecule has 0 aromatic heterocycles. The molecule has 1 aromatic rings. The van der Waals surface area contributed by atoms with Crippen LogP contribution in [0.4, 0.5) is 4.79 Å². The second kappa shape index (κ2) is 6.52. The summed E-state index contributed by atoms with van der Waals surface area (Å²) >= 11 is 0. The van der Waals surface area contributed by atoms with E-state index in [-0.39, 0.29) is 18.9 Å². The van der Waals surface area contributed by atoms with E-state index in [1.54, 1.807) is 31.2 Å². The first-order valence-electron chi connectivity index (χ1n) is 5.30. The molecular formula is C12H15NO4. The highest BCUT2D eigenvalue weighted by Crippen LogP contribution is 2.08. The summed E-state index contributed by atoms with van der Waals surface area (Å²) in [7, 11) is 0. The first-order valence-corrected chi connectivity index (χ1v) is 5.30. The van der Waals surface area contributed by atoms with Crippen LogP contribution in [0.1, 0.15) is 13.3 Å². The fourth-order valence-corrected chi connectivity index (χ4v) is 1.26. The van der Waals surface area contributed by atoms with Crippen molar-refractivity contribution < 1.29 is 19.4 Å². The number of carbonyl (C=O) groups is 2. The van der Waals surface area contributed by atoms with Crippen LogP contribution in [0.25, 0.3) is 0 Å². The fraction of sp³-hybridized carbons (Fsp3) is 0.333. The number of nitrogens with one attached hydrogen (secondary N) is 1. The number of para-hydroxylation sites is 1. The third-order valence-electron chi connectivity index (χ3n) is 2.07. The number of ether oxygens (including phenoxy) is 1. The molecule has 1 amide bonds. The van der Waals surface area contributed by atoms with Gasteiger partial charge in [-0.05, 0) is 18.1 Å². The van der Waals surface area contributed by atoms with Crippen LogP contribution in [0, 0.1) is 5.92 Å². The molecule has 0 fully saturated rings. The predicted octanol–water partition coefficient (Wildman–Crippen LogP) is 1.89. The highest BCUT2D eigenvalue weighted by molar-refractivity contribution is 5.70. The second-order valence-electron chi connectivity index (χ2n) is 3.79. The molecule has 1 aromatic carbocycles. The summed E-state index contributed by atoms with van der Waals surface area (Å²) in [5, 5.41) is 11.1. The highest BCUT2D eigenvalue weighted by Gasteiger charge is 2.10. The maximum absolute atomic E-state index is 11.3. The Morgan fingerprint density at radius 3 is 2.59 bits per heavy atom. The van der Waals surface area contributed by atoms with E-state index in [0.717, 1.165) is 0 Å². The van der Waals surface area contributed by atoms with E-state index in [1.807, 2.05) is 6.07 Å². The predicted molar refractivity (Wildman–Crippen MR) is 61.9 cm³/mol. The molecule has 1 rings (SSSR count). The molecule has 5 heteroatoms. The minimum absolute atomic E-state index is 0.0195. The van der Waals surface area contributed by atoms with E-state index in [0.29, 0.717) is 5.75 Å². The van der Waals surface area contributed by atoms with Gasteiger partial charge in [-0.3, -0.25) is 4.79 Å². The van der Waals surface area contributed by atoms with Crippen molar-refractivity contribution in [3.63, 3.8) is 0 Å². The second-order valence-corrected chi connectivity index (χ2v) is 3.79. The molecule has 92 valence electrons. The van der Waals surface area contributed by atoms with Gasteiger partial charge in [0.25, 0.3) is 0 Å². The third kappa shape index (κ3) is 5.55. The Labute approximate surface area is 99.4 Å². The Bertz CT molecular complexity index is 377. The normalized spacial score (nSPS) is 11.6. The molecule has 0 heterocycles. The lowest BCUT2D eigenvalue weighted by Crippen LogP contribution is -2.31. The summed E-state index contributed by atoms with van der Waals surface area (Å²) in [4.78, 5) is 21.7. The van der Waals surface area contributed by atoms with Gasteiger partial charge >= 0.3 is 12.1 Å². The molecule has 1 unspecified atom stereocenters. The molecule has 0 aliphatic heterocycles. The number of aliphatic carboxylic acids is 1. The van der Waals surface area contributed by atoms with Crippen molar-refractivity contribution in [1.82, 2.24) is 5.32 Å². The average molecular weight is 237 g/mol. The van der Waals surface area contributed by atoms with Crippen LogP contribution < -0.4 is 10.1 Å². The van der Waals surface area contributed by atoms with Crippen LogP contribution >= 0.6 is 0 Å². The first kappa shape index (κ1) is 13.0. The summed E-state index contributed by atoms with van der Waals surface area (Å²) in [6, 6.07) is 8.67. The zero-order chi connectivity index (χ0) is 12.7.